The van der Waals surface area contributed by atoms with Crippen molar-refractivity contribution < 1.29 is 28.8 Å². The number of ketones is 1. The fraction of sp³-hybridized carbons (Fsp3) is 0.676. The van der Waals surface area contributed by atoms with Gasteiger partial charge in [-0.3, -0.25) is 24.0 Å². The van der Waals surface area contributed by atoms with Crippen LogP contribution in [0.5, 0.6) is 0 Å². The molecular formula is C37H53N5O6. The third-order valence-electron chi connectivity index (χ3n) is 10.1. The lowest BCUT2D eigenvalue weighted by atomic mass is 9.84. The van der Waals surface area contributed by atoms with E-state index in [0.717, 1.165) is 55.4 Å². The Kier molecular flexibility index (Phi) is 10.9. The molecule has 0 bridgehead atoms. The summed E-state index contributed by atoms with van der Waals surface area (Å²) in [5.41, 5.74) is 1.11. The minimum absolute atomic E-state index is 0.00648. The number of oxime groups is 1. The average molecular weight is 664 g/mol. The van der Waals surface area contributed by atoms with Gasteiger partial charge in [0.1, 0.15) is 12.1 Å². The SMILES string of the molecule is CCC[C@H](NC(=O)[C@@H]1C[C@]2(CC(c3cccc(C)c3)=NO2)CN1C(=O)[C@@H](NC(=O)CC1CCCCC1)C(C)(C)C)C(=O)C(=O)NC1CC1. The van der Waals surface area contributed by atoms with Gasteiger partial charge in [-0.15, -0.1) is 0 Å². The lowest BCUT2D eigenvalue weighted by Crippen LogP contribution is -2.59. The van der Waals surface area contributed by atoms with E-state index in [4.69, 9.17) is 4.84 Å². The zero-order chi connectivity index (χ0) is 34.6. The second-order valence-electron chi connectivity index (χ2n) is 15.6. The van der Waals surface area contributed by atoms with Gasteiger partial charge in [0.2, 0.25) is 23.5 Å². The number of Topliss-reactive ketones (excluding diaryl/α,β-unsaturated/α-hetero) is 1. The maximum Gasteiger partial charge on any atom is 0.289 e. The number of nitrogens with one attached hydrogen (secondary N) is 3. The van der Waals surface area contributed by atoms with Gasteiger partial charge in [-0.1, -0.05) is 88.4 Å². The van der Waals surface area contributed by atoms with Crippen LogP contribution < -0.4 is 16.0 Å². The van der Waals surface area contributed by atoms with E-state index in [9.17, 15) is 24.0 Å². The molecule has 48 heavy (non-hydrogen) atoms. The van der Waals surface area contributed by atoms with Crippen molar-refractivity contribution in [3.63, 3.8) is 0 Å². The Morgan fingerprint density at radius 2 is 1.77 bits per heavy atom. The summed E-state index contributed by atoms with van der Waals surface area (Å²) in [6.45, 7) is 9.67. The van der Waals surface area contributed by atoms with Gasteiger partial charge in [0.15, 0.2) is 5.60 Å². The molecule has 11 heteroatoms. The van der Waals surface area contributed by atoms with Gasteiger partial charge in [-0.25, -0.2) is 0 Å². The number of benzene rings is 1. The lowest BCUT2D eigenvalue weighted by molar-refractivity contribution is -0.145. The first kappa shape index (κ1) is 35.5. The molecule has 1 aromatic carbocycles. The summed E-state index contributed by atoms with van der Waals surface area (Å²) >= 11 is 0. The highest BCUT2D eigenvalue weighted by Gasteiger charge is 2.55. The molecule has 0 radical (unpaired) electrons. The Balaban J connectivity index is 1.38. The maximum atomic E-state index is 14.6. The summed E-state index contributed by atoms with van der Waals surface area (Å²) in [5.74, 6) is -2.16. The first-order chi connectivity index (χ1) is 22.8. The molecule has 2 aliphatic heterocycles. The predicted molar refractivity (Wildman–Crippen MR) is 182 cm³/mol. The predicted octanol–water partition coefficient (Wildman–Crippen LogP) is 4.09. The molecule has 1 saturated heterocycles. The van der Waals surface area contributed by atoms with E-state index < -0.39 is 46.7 Å². The fourth-order valence-electron chi connectivity index (χ4n) is 7.26. The topological polar surface area (TPSA) is 146 Å². The van der Waals surface area contributed by atoms with Gasteiger partial charge in [0, 0.05) is 25.3 Å². The highest BCUT2D eigenvalue weighted by molar-refractivity contribution is 6.38. The molecule has 3 N–H and O–H groups in total. The normalized spacial score (nSPS) is 24.0. The number of rotatable bonds is 12. The van der Waals surface area contributed by atoms with Crippen LogP contribution in [0.25, 0.3) is 0 Å². The lowest BCUT2D eigenvalue weighted by Gasteiger charge is -2.36. The van der Waals surface area contributed by atoms with E-state index in [1.165, 1.54) is 11.3 Å². The van der Waals surface area contributed by atoms with Crippen LogP contribution in [0.3, 0.4) is 0 Å². The maximum absolute atomic E-state index is 14.6. The molecule has 4 amide bonds. The smallest absolute Gasteiger partial charge is 0.289 e. The van der Waals surface area contributed by atoms with Crippen LogP contribution in [-0.4, -0.2) is 76.3 Å². The number of hydrogen-bond acceptors (Lipinski definition) is 7. The van der Waals surface area contributed by atoms with Crippen molar-refractivity contribution in [2.24, 2.45) is 16.5 Å². The summed E-state index contributed by atoms with van der Waals surface area (Å²) in [6.07, 6.45) is 8.87. The van der Waals surface area contributed by atoms with E-state index in [0.29, 0.717) is 25.2 Å². The van der Waals surface area contributed by atoms with Gasteiger partial charge in [-0.2, -0.15) is 0 Å². The van der Waals surface area contributed by atoms with Crippen LogP contribution in [0.4, 0.5) is 0 Å². The van der Waals surface area contributed by atoms with Crippen LogP contribution in [0.15, 0.2) is 29.4 Å². The van der Waals surface area contributed by atoms with Crippen molar-refractivity contribution >= 4 is 35.1 Å². The molecule has 11 nitrogen and oxygen atoms in total. The molecule has 2 saturated carbocycles. The summed E-state index contributed by atoms with van der Waals surface area (Å²) in [5, 5.41) is 13.0. The third kappa shape index (κ3) is 8.63. The van der Waals surface area contributed by atoms with E-state index >= 15 is 0 Å². The molecule has 3 fully saturated rings. The summed E-state index contributed by atoms with van der Waals surface area (Å²) in [6, 6.07) is 5.03. The van der Waals surface area contributed by atoms with Crippen molar-refractivity contribution in [3.05, 3.63) is 35.4 Å². The molecule has 5 rings (SSSR count). The Morgan fingerprint density at radius 1 is 1.04 bits per heavy atom. The molecular weight excluding hydrogens is 610 g/mol. The molecule has 1 aromatic rings. The van der Waals surface area contributed by atoms with E-state index in [1.54, 1.807) is 0 Å². The highest BCUT2D eigenvalue weighted by atomic mass is 16.7. The Morgan fingerprint density at radius 3 is 2.42 bits per heavy atom. The second kappa shape index (κ2) is 14.8. The van der Waals surface area contributed by atoms with Gasteiger partial charge >= 0.3 is 0 Å². The number of aryl methyl sites for hydroxylation is 1. The van der Waals surface area contributed by atoms with Gasteiger partial charge < -0.3 is 25.7 Å². The molecule has 4 atom stereocenters. The minimum atomic E-state index is -1.02. The molecule has 0 aromatic heterocycles. The van der Waals surface area contributed by atoms with Crippen LogP contribution in [0.2, 0.25) is 0 Å². The van der Waals surface area contributed by atoms with Crippen molar-refractivity contribution in [1.82, 2.24) is 20.9 Å². The summed E-state index contributed by atoms with van der Waals surface area (Å²) in [7, 11) is 0. The van der Waals surface area contributed by atoms with E-state index in [2.05, 4.69) is 21.1 Å². The number of nitrogens with zero attached hydrogens (tertiary/aromatic N) is 2. The van der Waals surface area contributed by atoms with Gasteiger partial charge in [-0.05, 0) is 55.9 Å². The third-order valence-corrected chi connectivity index (χ3v) is 10.1. The number of amides is 4. The molecule has 1 spiro atoms. The molecule has 262 valence electrons. The minimum Gasteiger partial charge on any atom is -0.387 e. The van der Waals surface area contributed by atoms with E-state index in [1.807, 2.05) is 58.9 Å². The number of carbonyl (C=O) groups is 5. The van der Waals surface area contributed by atoms with Crippen LogP contribution in [0, 0.1) is 18.3 Å². The summed E-state index contributed by atoms with van der Waals surface area (Å²) < 4.78 is 0. The summed E-state index contributed by atoms with van der Waals surface area (Å²) in [4.78, 5) is 75.5. The van der Waals surface area contributed by atoms with Gasteiger partial charge in [0.25, 0.3) is 5.91 Å². The quantitative estimate of drug-likeness (QED) is 0.287. The number of hydrogen-bond donors (Lipinski definition) is 3. The monoisotopic (exact) mass is 663 g/mol. The first-order valence-electron chi connectivity index (χ1n) is 17.9. The van der Waals surface area contributed by atoms with Crippen LogP contribution >= 0.6 is 0 Å². The van der Waals surface area contributed by atoms with Crippen molar-refractivity contribution in [2.75, 3.05) is 6.54 Å². The standard InChI is InChI=1S/C37H53N5O6/c1-6-11-27(31(44)34(46)38-26-16-17-26)39-33(45)29-21-37(20-28(41-48-37)25-15-10-12-23(2)18-25)22-42(29)35(47)32(36(3,4)5)40-30(43)19-24-13-8-7-9-14-24/h10,12,15,18,24,26-27,29,32H,6-9,11,13-14,16-17,19-22H2,1-5H3,(H,38,46)(H,39,45)(H,40,43)/t27-,29-,32+,37+/m0/s1. The van der Waals surface area contributed by atoms with Gasteiger partial charge in [0.05, 0.1) is 18.3 Å². The van der Waals surface area contributed by atoms with Crippen molar-refractivity contribution in [1.29, 1.82) is 0 Å². The van der Waals surface area contributed by atoms with Crippen LogP contribution in [0.1, 0.15) is 116 Å². The number of carbonyl (C=O) groups excluding carboxylic acids is 5. The van der Waals surface area contributed by atoms with E-state index in [-0.39, 0.29) is 37.2 Å². The Labute approximate surface area is 284 Å². The second-order valence-corrected chi connectivity index (χ2v) is 15.6. The van der Waals surface area contributed by atoms with Crippen molar-refractivity contribution in [3.8, 4) is 0 Å². The first-order valence-corrected chi connectivity index (χ1v) is 17.9. The zero-order valence-corrected chi connectivity index (χ0v) is 29.2. The van der Waals surface area contributed by atoms with Crippen molar-refractivity contribution in [2.45, 2.75) is 141 Å². The number of likely N-dealkylation sites (tertiary alicyclic amines) is 1. The molecule has 2 heterocycles. The average Bonchev–Trinajstić information content (AvgIpc) is 3.63. The Bertz CT molecular complexity index is 1430. The fourth-order valence-corrected chi connectivity index (χ4v) is 7.26. The largest absolute Gasteiger partial charge is 0.387 e. The van der Waals surface area contributed by atoms with Crippen LogP contribution in [-0.2, 0) is 28.8 Å². The zero-order valence-electron chi connectivity index (χ0n) is 29.2. The Hall–Kier alpha value is -3.76. The highest BCUT2D eigenvalue weighted by Crippen LogP contribution is 2.40. The molecule has 4 aliphatic rings. The molecule has 0 unspecified atom stereocenters. The molecule has 2 aliphatic carbocycles.